The molecule has 1 aliphatic heterocycles. The Hall–Kier alpha value is -2.86. The molecule has 1 saturated heterocycles. The van der Waals surface area contributed by atoms with Gasteiger partial charge < -0.3 is 16.0 Å². The molecule has 0 aromatic heterocycles. The average molecular weight is 408 g/mol. The van der Waals surface area contributed by atoms with Gasteiger partial charge in [-0.1, -0.05) is 48.5 Å². The summed E-state index contributed by atoms with van der Waals surface area (Å²) in [6.45, 7) is 5.54. The largest absolute Gasteiger partial charge is 0.355 e. The van der Waals surface area contributed by atoms with Gasteiger partial charge in [0.05, 0.1) is 0 Å². The Balaban J connectivity index is 1.37. The van der Waals surface area contributed by atoms with Crippen LogP contribution in [0.5, 0.6) is 0 Å². The van der Waals surface area contributed by atoms with E-state index in [1.807, 2.05) is 30.3 Å². The van der Waals surface area contributed by atoms with Crippen LogP contribution in [0.2, 0.25) is 0 Å². The second-order valence-corrected chi connectivity index (χ2v) is 7.79. The van der Waals surface area contributed by atoms with E-state index in [1.165, 1.54) is 5.56 Å². The second-order valence-electron chi connectivity index (χ2n) is 7.79. The third-order valence-corrected chi connectivity index (χ3v) is 5.55. The molecule has 6 nitrogen and oxygen atoms in total. The quantitative estimate of drug-likeness (QED) is 0.375. The van der Waals surface area contributed by atoms with Crippen molar-refractivity contribution in [2.45, 2.75) is 38.4 Å². The Morgan fingerprint density at radius 3 is 2.37 bits per heavy atom. The molecule has 2 aromatic rings. The third-order valence-electron chi connectivity index (χ3n) is 5.55. The Labute approximate surface area is 179 Å². The molecule has 160 valence electrons. The minimum absolute atomic E-state index is 0.0556. The number of likely N-dealkylation sites (tertiary alicyclic amines) is 1. The highest BCUT2D eigenvalue weighted by Gasteiger charge is 2.25. The van der Waals surface area contributed by atoms with Crippen molar-refractivity contribution in [3.8, 4) is 0 Å². The summed E-state index contributed by atoms with van der Waals surface area (Å²) in [7, 11) is 1.78. The molecular formula is C24H33N5O. The fourth-order valence-corrected chi connectivity index (χ4v) is 3.84. The van der Waals surface area contributed by atoms with E-state index in [0.717, 1.165) is 31.9 Å². The predicted octanol–water partition coefficient (Wildman–Crippen LogP) is 2.63. The first-order valence-electron chi connectivity index (χ1n) is 10.7. The van der Waals surface area contributed by atoms with Gasteiger partial charge in [0.2, 0.25) is 0 Å². The highest BCUT2D eigenvalue weighted by atomic mass is 16.1. The topological polar surface area (TPSA) is 68.8 Å². The molecule has 2 atom stereocenters. The van der Waals surface area contributed by atoms with Crippen LogP contribution >= 0.6 is 0 Å². The van der Waals surface area contributed by atoms with Crippen LogP contribution in [0.25, 0.3) is 0 Å². The molecule has 0 radical (unpaired) electrons. The summed E-state index contributed by atoms with van der Waals surface area (Å²) in [5, 5.41) is 9.77. The number of carbonyl (C=O) groups is 1. The molecule has 0 saturated carbocycles. The number of piperidine rings is 1. The highest BCUT2D eigenvalue weighted by molar-refractivity contribution is 5.94. The van der Waals surface area contributed by atoms with Gasteiger partial charge in [-0.05, 0) is 37.5 Å². The molecule has 1 fully saturated rings. The first-order chi connectivity index (χ1) is 14.7. The number of amides is 1. The molecule has 30 heavy (non-hydrogen) atoms. The van der Waals surface area contributed by atoms with E-state index in [4.69, 9.17) is 0 Å². The zero-order valence-electron chi connectivity index (χ0n) is 18.0. The summed E-state index contributed by atoms with van der Waals surface area (Å²) in [6.07, 6.45) is 2.17. The lowest BCUT2D eigenvalue weighted by molar-refractivity contribution is 0.0954. The number of hydrogen-bond donors (Lipinski definition) is 3. The summed E-state index contributed by atoms with van der Waals surface area (Å²) in [4.78, 5) is 19.0. The van der Waals surface area contributed by atoms with Crippen molar-refractivity contribution in [3.05, 3.63) is 71.8 Å². The van der Waals surface area contributed by atoms with Crippen molar-refractivity contribution in [3.63, 3.8) is 0 Å². The van der Waals surface area contributed by atoms with E-state index in [-0.39, 0.29) is 5.91 Å². The Morgan fingerprint density at radius 1 is 1.03 bits per heavy atom. The Kier molecular flexibility index (Phi) is 8.27. The van der Waals surface area contributed by atoms with Crippen LogP contribution in [-0.4, -0.2) is 55.5 Å². The fraction of sp³-hybridized carbons (Fsp3) is 0.417. The summed E-state index contributed by atoms with van der Waals surface area (Å²) in [5.41, 5.74) is 2.04. The highest BCUT2D eigenvalue weighted by Crippen LogP contribution is 2.19. The average Bonchev–Trinajstić information content (AvgIpc) is 2.78. The smallest absolute Gasteiger partial charge is 0.251 e. The van der Waals surface area contributed by atoms with Crippen LogP contribution in [0, 0.1) is 0 Å². The van der Waals surface area contributed by atoms with E-state index >= 15 is 0 Å². The summed E-state index contributed by atoms with van der Waals surface area (Å²) < 4.78 is 0. The summed E-state index contributed by atoms with van der Waals surface area (Å²) in [6, 6.07) is 20.8. The van der Waals surface area contributed by atoms with Crippen LogP contribution in [0.1, 0.15) is 35.7 Å². The van der Waals surface area contributed by atoms with Gasteiger partial charge in [0.15, 0.2) is 5.96 Å². The maximum absolute atomic E-state index is 12.1. The lowest BCUT2D eigenvalue weighted by Gasteiger charge is -2.38. The van der Waals surface area contributed by atoms with E-state index in [1.54, 1.807) is 7.05 Å². The minimum atomic E-state index is -0.0556. The molecule has 0 spiro atoms. The number of carbonyl (C=O) groups excluding carboxylic acids is 1. The van der Waals surface area contributed by atoms with Gasteiger partial charge in [0.1, 0.15) is 0 Å². The number of benzene rings is 2. The predicted molar refractivity (Wildman–Crippen MR) is 123 cm³/mol. The standard InChI is InChI=1S/C24H33N5O/c1-19-17-22(13-16-29(19)18-20-9-5-3-6-10-20)28-24(25-2)27-15-14-26-23(30)21-11-7-4-8-12-21/h3-12,19,22H,13-18H2,1-2H3,(H,26,30)(H2,25,27,28). The monoisotopic (exact) mass is 407 g/mol. The molecule has 6 heteroatoms. The van der Waals surface area contributed by atoms with Crippen molar-refractivity contribution in [2.24, 2.45) is 4.99 Å². The zero-order valence-corrected chi connectivity index (χ0v) is 18.0. The first kappa shape index (κ1) is 21.8. The number of nitrogens with one attached hydrogen (secondary N) is 3. The van der Waals surface area contributed by atoms with Crippen molar-refractivity contribution in [1.82, 2.24) is 20.9 Å². The maximum Gasteiger partial charge on any atom is 0.251 e. The van der Waals surface area contributed by atoms with Gasteiger partial charge >= 0.3 is 0 Å². The lowest BCUT2D eigenvalue weighted by Crippen LogP contribution is -2.52. The van der Waals surface area contributed by atoms with Gasteiger partial charge in [-0.2, -0.15) is 0 Å². The second kappa shape index (κ2) is 11.4. The molecule has 0 bridgehead atoms. The minimum Gasteiger partial charge on any atom is -0.355 e. The van der Waals surface area contributed by atoms with Crippen LogP contribution < -0.4 is 16.0 Å². The summed E-state index contributed by atoms with van der Waals surface area (Å²) >= 11 is 0. The van der Waals surface area contributed by atoms with E-state index in [2.05, 4.69) is 63.1 Å². The van der Waals surface area contributed by atoms with Gasteiger partial charge in [-0.15, -0.1) is 0 Å². The van der Waals surface area contributed by atoms with Crippen LogP contribution in [0.4, 0.5) is 0 Å². The normalized spacial score (nSPS) is 19.9. The van der Waals surface area contributed by atoms with E-state index in [9.17, 15) is 4.79 Å². The first-order valence-corrected chi connectivity index (χ1v) is 10.7. The number of hydrogen-bond acceptors (Lipinski definition) is 3. The van der Waals surface area contributed by atoms with E-state index in [0.29, 0.717) is 30.7 Å². The van der Waals surface area contributed by atoms with Crippen LogP contribution in [-0.2, 0) is 6.54 Å². The van der Waals surface area contributed by atoms with Gasteiger partial charge in [-0.3, -0.25) is 14.7 Å². The van der Waals surface area contributed by atoms with Crippen molar-refractivity contribution < 1.29 is 4.79 Å². The van der Waals surface area contributed by atoms with E-state index < -0.39 is 0 Å². The molecule has 3 rings (SSSR count). The van der Waals surface area contributed by atoms with Crippen LogP contribution in [0.3, 0.4) is 0 Å². The number of nitrogens with zero attached hydrogens (tertiary/aromatic N) is 2. The number of aliphatic imine (C=N–C) groups is 1. The fourth-order valence-electron chi connectivity index (χ4n) is 3.84. The SMILES string of the molecule is CN=C(NCCNC(=O)c1ccccc1)NC1CCN(Cc2ccccc2)C(C)C1. The number of rotatable bonds is 7. The molecule has 3 N–H and O–H groups in total. The van der Waals surface area contributed by atoms with Gasteiger partial charge in [0.25, 0.3) is 5.91 Å². The van der Waals surface area contributed by atoms with Crippen molar-refractivity contribution >= 4 is 11.9 Å². The van der Waals surface area contributed by atoms with Crippen molar-refractivity contribution in [1.29, 1.82) is 0 Å². The molecular weight excluding hydrogens is 374 g/mol. The molecule has 0 aliphatic carbocycles. The molecule has 1 aliphatic rings. The third kappa shape index (κ3) is 6.59. The zero-order chi connectivity index (χ0) is 21.2. The molecule has 1 heterocycles. The Morgan fingerprint density at radius 2 is 1.70 bits per heavy atom. The summed E-state index contributed by atoms with van der Waals surface area (Å²) in [5.74, 6) is 0.734. The molecule has 2 unspecified atom stereocenters. The molecule has 1 amide bonds. The maximum atomic E-state index is 12.1. The van der Waals surface area contributed by atoms with Crippen LogP contribution in [0.15, 0.2) is 65.7 Å². The van der Waals surface area contributed by atoms with Crippen molar-refractivity contribution in [2.75, 3.05) is 26.7 Å². The number of guanidine groups is 1. The van der Waals surface area contributed by atoms with Gasteiger partial charge in [-0.25, -0.2) is 0 Å². The molecule has 2 aromatic carbocycles. The Bertz CT molecular complexity index is 809. The lowest BCUT2D eigenvalue weighted by atomic mass is 9.97. The van der Waals surface area contributed by atoms with Gasteiger partial charge in [0, 0.05) is 50.9 Å².